The van der Waals surface area contributed by atoms with Crippen molar-refractivity contribution in [2.75, 3.05) is 6.61 Å². The van der Waals surface area contributed by atoms with E-state index < -0.39 is 0 Å². The van der Waals surface area contributed by atoms with Gasteiger partial charge in [-0.3, -0.25) is 4.68 Å². The number of nitrogens with zero attached hydrogens (tertiary/aromatic N) is 2. The molecule has 1 saturated carbocycles. The maximum atomic E-state index is 12.2. The van der Waals surface area contributed by atoms with E-state index in [1.165, 1.54) is 5.69 Å². The van der Waals surface area contributed by atoms with Gasteiger partial charge in [-0.1, -0.05) is 17.7 Å². The van der Waals surface area contributed by atoms with Crippen LogP contribution in [0.1, 0.15) is 72.8 Å². The number of aromatic nitrogens is 2. The maximum Gasteiger partial charge on any atom is 0.359 e. The molecule has 2 aliphatic carbocycles. The average Bonchev–Trinajstić information content (AvgIpc) is 3.33. The van der Waals surface area contributed by atoms with Gasteiger partial charge in [-0.15, -0.1) is 0 Å². The molecular weight excluding hydrogens is 400 g/mol. The fraction of sp³-hybridized carbons (Fsp3) is 0.583. The Morgan fingerprint density at radius 1 is 1.23 bits per heavy atom. The summed E-state index contributed by atoms with van der Waals surface area (Å²) >= 11 is 6.28. The van der Waals surface area contributed by atoms with Crippen LogP contribution in [0.5, 0.6) is 5.75 Å². The third kappa shape index (κ3) is 4.66. The lowest BCUT2D eigenvalue weighted by molar-refractivity contribution is 0.0517. The van der Waals surface area contributed by atoms with E-state index >= 15 is 0 Å². The summed E-state index contributed by atoms with van der Waals surface area (Å²) in [7, 11) is 0. The summed E-state index contributed by atoms with van der Waals surface area (Å²) in [6.45, 7) is 5.16. The molecule has 5 nitrogen and oxygen atoms in total. The normalized spacial score (nSPS) is 20.8. The summed E-state index contributed by atoms with van der Waals surface area (Å²) in [6, 6.07) is 5.93. The molecule has 30 heavy (non-hydrogen) atoms. The lowest BCUT2D eigenvalue weighted by Gasteiger charge is -2.29. The van der Waals surface area contributed by atoms with Crippen LogP contribution in [0.2, 0.25) is 5.02 Å². The molecule has 6 heteroatoms. The Bertz CT molecular complexity index is 900. The quantitative estimate of drug-likeness (QED) is 0.541. The molecule has 0 saturated heterocycles. The average molecular weight is 431 g/mol. The molecular formula is C24H31ClN2O3. The van der Waals surface area contributed by atoms with Crippen LogP contribution in [0.15, 0.2) is 18.2 Å². The third-order valence-electron chi connectivity index (χ3n) is 6.40. The van der Waals surface area contributed by atoms with Gasteiger partial charge in [0.2, 0.25) is 0 Å². The number of hydrogen-bond acceptors (Lipinski definition) is 4. The van der Waals surface area contributed by atoms with Crippen molar-refractivity contribution in [3.8, 4) is 5.75 Å². The maximum absolute atomic E-state index is 12.2. The summed E-state index contributed by atoms with van der Waals surface area (Å²) in [5.41, 5.74) is 4.05. The molecule has 0 radical (unpaired) electrons. The van der Waals surface area contributed by atoms with E-state index in [2.05, 4.69) is 16.7 Å². The number of aryl methyl sites for hydroxylation is 2. The van der Waals surface area contributed by atoms with Crippen molar-refractivity contribution in [2.45, 2.75) is 77.9 Å². The van der Waals surface area contributed by atoms with Crippen molar-refractivity contribution in [1.82, 2.24) is 9.78 Å². The first kappa shape index (κ1) is 21.2. The second-order valence-electron chi connectivity index (χ2n) is 8.55. The zero-order valence-electron chi connectivity index (χ0n) is 18.0. The zero-order valence-corrected chi connectivity index (χ0v) is 18.7. The molecule has 1 aromatic heterocycles. The molecule has 0 atom stereocenters. The molecule has 0 bridgehead atoms. The van der Waals surface area contributed by atoms with Crippen molar-refractivity contribution in [3.63, 3.8) is 0 Å². The lowest BCUT2D eigenvalue weighted by Crippen LogP contribution is -2.25. The van der Waals surface area contributed by atoms with E-state index in [9.17, 15) is 4.79 Å². The van der Waals surface area contributed by atoms with Crippen LogP contribution < -0.4 is 4.74 Å². The molecule has 0 aliphatic heterocycles. The van der Waals surface area contributed by atoms with Crippen LogP contribution in [-0.4, -0.2) is 28.5 Å². The molecule has 0 spiro atoms. The van der Waals surface area contributed by atoms with Gasteiger partial charge in [-0.2, -0.15) is 5.10 Å². The van der Waals surface area contributed by atoms with Gasteiger partial charge in [0, 0.05) is 17.8 Å². The Morgan fingerprint density at radius 3 is 2.80 bits per heavy atom. The largest absolute Gasteiger partial charge is 0.489 e. The van der Waals surface area contributed by atoms with Crippen molar-refractivity contribution in [2.24, 2.45) is 5.92 Å². The van der Waals surface area contributed by atoms with Gasteiger partial charge in [0.05, 0.1) is 17.7 Å². The Hall–Kier alpha value is -2.01. The SMILES string of the molecule is CCOC(=O)c1nn(CC[C@H]2CC[C@@H](Oc3cc(C)ccc3Cl)CC2)c2c1CCC2. The van der Waals surface area contributed by atoms with Crippen molar-refractivity contribution in [3.05, 3.63) is 45.7 Å². The van der Waals surface area contributed by atoms with Crippen molar-refractivity contribution < 1.29 is 14.3 Å². The number of halogens is 1. The van der Waals surface area contributed by atoms with Gasteiger partial charge in [0.25, 0.3) is 0 Å². The predicted molar refractivity (Wildman–Crippen MR) is 117 cm³/mol. The highest BCUT2D eigenvalue weighted by molar-refractivity contribution is 6.32. The Morgan fingerprint density at radius 2 is 2.03 bits per heavy atom. The van der Waals surface area contributed by atoms with E-state index in [1.807, 2.05) is 25.1 Å². The topological polar surface area (TPSA) is 53.3 Å². The van der Waals surface area contributed by atoms with Gasteiger partial charge in [-0.05, 0) is 88.8 Å². The molecule has 1 heterocycles. The smallest absolute Gasteiger partial charge is 0.359 e. The summed E-state index contributed by atoms with van der Waals surface area (Å²) < 4.78 is 13.5. The molecule has 4 rings (SSSR count). The summed E-state index contributed by atoms with van der Waals surface area (Å²) in [4.78, 5) is 12.2. The van der Waals surface area contributed by atoms with E-state index in [-0.39, 0.29) is 12.1 Å². The zero-order chi connectivity index (χ0) is 21.1. The summed E-state index contributed by atoms with van der Waals surface area (Å²) in [5.74, 6) is 1.20. The lowest BCUT2D eigenvalue weighted by atomic mass is 9.85. The second kappa shape index (κ2) is 9.42. The fourth-order valence-corrected chi connectivity index (χ4v) is 4.94. The number of carbonyl (C=O) groups excluding carboxylic acids is 1. The number of hydrogen-bond donors (Lipinski definition) is 0. The molecule has 2 aromatic rings. The van der Waals surface area contributed by atoms with Gasteiger partial charge >= 0.3 is 5.97 Å². The Labute approximate surface area is 183 Å². The number of esters is 1. The molecule has 0 amide bonds. The van der Waals surface area contributed by atoms with Crippen molar-refractivity contribution >= 4 is 17.6 Å². The first-order valence-electron chi connectivity index (χ1n) is 11.2. The standard InChI is InChI=1S/C24H31ClN2O3/c1-3-29-24(28)23-19-5-4-6-21(19)27(26-23)14-13-17-8-10-18(11-9-17)30-22-15-16(2)7-12-20(22)25/h7,12,15,17-18H,3-6,8-11,13-14H2,1-2H3/t17-,18+. The molecule has 162 valence electrons. The first-order valence-corrected chi connectivity index (χ1v) is 11.6. The van der Waals surface area contributed by atoms with E-state index in [4.69, 9.17) is 21.1 Å². The van der Waals surface area contributed by atoms with Gasteiger partial charge in [0.1, 0.15) is 5.75 Å². The second-order valence-corrected chi connectivity index (χ2v) is 8.96. The Kier molecular flexibility index (Phi) is 6.67. The number of fused-ring (bicyclic) bond motifs is 1. The molecule has 0 unspecified atom stereocenters. The Balaban J connectivity index is 1.31. The molecule has 0 N–H and O–H groups in total. The van der Waals surface area contributed by atoms with Crippen LogP contribution in [0, 0.1) is 12.8 Å². The third-order valence-corrected chi connectivity index (χ3v) is 6.71. The van der Waals surface area contributed by atoms with Crippen molar-refractivity contribution in [1.29, 1.82) is 0 Å². The van der Waals surface area contributed by atoms with Gasteiger partial charge < -0.3 is 9.47 Å². The van der Waals surface area contributed by atoms with E-state index in [0.717, 1.165) is 74.8 Å². The van der Waals surface area contributed by atoms with Crippen LogP contribution >= 0.6 is 11.6 Å². The fourth-order valence-electron chi connectivity index (χ4n) is 4.78. The minimum absolute atomic E-state index is 0.241. The van der Waals surface area contributed by atoms with Crippen LogP contribution in [-0.2, 0) is 24.1 Å². The number of carbonyl (C=O) groups is 1. The number of rotatable bonds is 7. The molecule has 1 aromatic carbocycles. The highest BCUT2D eigenvalue weighted by Gasteiger charge is 2.28. The monoisotopic (exact) mass is 430 g/mol. The number of ether oxygens (including phenoxy) is 2. The minimum atomic E-state index is -0.276. The van der Waals surface area contributed by atoms with Crippen LogP contribution in [0.3, 0.4) is 0 Å². The first-order chi connectivity index (χ1) is 14.5. The number of benzene rings is 1. The highest BCUT2D eigenvalue weighted by atomic mass is 35.5. The van der Waals surface area contributed by atoms with E-state index in [1.54, 1.807) is 0 Å². The molecule has 2 aliphatic rings. The minimum Gasteiger partial charge on any atom is -0.489 e. The predicted octanol–water partition coefficient (Wildman–Crippen LogP) is 5.54. The van der Waals surface area contributed by atoms with Gasteiger partial charge in [0.15, 0.2) is 5.69 Å². The van der Waals surface area contributed by atoms with Crippen LogP contribution in [0.4, 0.5) is 0 Å². The summed E-state index contributed by atoms with van der Waals surface area (Å²) in [6.07, 6.45) is 8.81. The van der Waals surface area contributed by atoms with E-state index in [0.29, 0.717) is 23.2 Å². The molecule has 1 fully saturated rings. The summed E-state index contributed by atoms with van der Waals surface area (Å²) in [5, 5.41) is 5.31. The highest BCUT2D eigenvalue weighted by Crippen LogP contribution is 2.33. The van der Waals surface area contributed by atoms with Gasteiger partial charge in [-0.25, -0.2) is 4.79 Å². The van der Waals surface area contributed by atoms with Crippen LogP contribution in [0.25, 0.3) is 0 Å².